The van der Waals surface area contributed by atoms with Crippen molar-refractivity contribution in [3.05, 3.63) is 71.0 Å². The molecule has 156 valence electrons. The van der Waals surface area contributed by atoms with Gasteiger partial charge in [-0.3, -0.25) is 9.79 Å². The summed E-state index contributed by atoms with van der Waals surface area (Å²) in [5.74, 6) is 0.514. The van der Waals surface area contributed by atoms with E-state index in [-0.39, 0.29) is 18.4 Å². The summed E-state index contributed by atoms with van der Waals surface area (Å²) in [7, 11) is 1.65. The zero-order valence-corrected chi connectivity index (χ0v) is 17.1. The van der Waals surface area contributed by atoms with Gasteiger partial charge < -0.3 is 15.5 Å². The Hall–Kier alpha value is -3.40. The fourth-order valence-corrected chi connectivity index (χ4v) is 3.52. The molecule has 1 heterocycles. The van der Waals surface area contributed by atoms with Crippen LogP contribution in [0.2, 0.25) is 0 Å². The highest BCUT2D eigenvalue weighted by Crippen LogP contribution is 2.17. The van der Waals surface area contributed by atoms with Crippen molar-refractivity contribution < 1.29 is 9.18 Å². The van der Waals surface area contributed by atoms with Crippen LogP contribution in [-0.2, 0) is 17.8 Å². The smallest absolute Gasteiger partial charge is 0.223 e. The van der Waals surface area contributed by atoms with Gasteiger partial charge in [-0.05, 0) is 24.1 Å². The van der Waals surface area contributed by atoms with E-state index in [1.807, 2.05) is 29.2 Å². The third kappa shape index (κ3) is 5.80. The van der Waals surface area contributed by atoms with E-state index in [0.717, 1.165) is 19.5 Å². The van der Waals surface area contributed by atoms with E-state index in [2.05, 4.69) is 27.8 Å². The number of likely N-dealkylation sites (tertiary alicyclic amines) is 1. The predicted octanol–water partition coefficient (Wildman–Crippen LogP) is 2.45. The van der Waals surface area contributed by atoms with Crippen LogP contribution in [0.1, 0.15) is 23.1 Å². The summed E-state index contributed by atoms with van der Waals surface area (Å²) in [6, 6.07) is 16.5. The molecule has 1 aliphatic heterocycles. The number of guanidine groups is 1. The van der Waals surface area contributed by atoms with Gasteiger partial charge in [0.05, 0.1) is 11.6 Å². The van der Waals surface area contributed by atoms with Crippen molar-refractivity contribution in [2.45, 2.75) is 19.4 Å². The molecule has 0 aliphatic carbocycles. The number of amides is 1. The summed E-state index contributed by atoms with van der Waals surface area (Å²) < 4.78 is 14.0. The quantitative estimate of drug-likeness (QED) is 0.546. The number of carbonyl (C=O) groups excluding carboxylic acids is 1. The zero-order chi connectivity index (χ0) is 21.3. The van der Waals surface area contributed by atoms with Crippen LogP contribution >= 0.6 is 0 Å². The predicted molar refractivity (Wildman–Crippen MR) is 114 cm³/mol. The second-order valence-electron chi connectivity index (χ2n) is 7.37. The molecular weight excluding hydrogens is 381 g/mol. The van der Waals surface area contributed by atoms with Gasteiger partial charge in [0.15, 0.2) is 5.96 Å². The summed E-state index contributed by atoms with van der Waals surface area (Å²) in [6.45, 7) is 2.32. The van der Waals surface area contributed by atoms with Crippen LogP contribution in [0.25, 0.3) is 0 Å². The van der Waals surface area contributed by atoms with Crippen molar-refractivity contribution >= 4 is 11.9 Å². The molecule has 1 unspecified atom stereocenters. The molecule has 1 atom stereocenters. The van der Waals surface area contributed by atoms with Gasteiger partial charge in [-0.15, -0.1) is 0 Å². The van der Waals surface area contributed by atoms with Gasteiger partial charge >= 0.3 is 0 Å². The van der Waals surface area contributed by atoms with Crippen LogP contribution in [0.5, 0.6) is 0 Å². The number of rotatable bonds is 7. The summed E-state index contributed by atoms with van der Waals surface area (Å²) in [5, 5.41) is 15.1. The number of carbonyl (C=O) groups is 1. The molecule has 3 rings (SSSR count). The summed E-state index contributed by atoms with van der Waals surface area (Å²) in [5.41, 5.74) is 1.98. The molecular formula is C23H26FN5O. The number of nitrogens with zero attached hydrogens (tertiary/aromatic N) is 3. The lowest BCUT2D eigenvalue weighted by molar-refractivity contribution is -0.127. The largest absolute Gasteiger partial charge is 0.356 e. The number of benzene rings is 2. The number of nitrogens with one attached hydrogen (secondary N) is 2. The van der Waals surface area contributed by atoms with Gasteiger partial charge in [-0.1, -0.05) is 36.4 Å². The number of nitriles is 1. The first kappa shape index (κ1) is 21.3. The highest BCUT2D eigenvalue weighted by Gasteiger charge is 2.29. The van der Waals surface area contributed by atoms with Gasteiger partial charge in [0.25, 0.3) is 0 Å². The zero-order valence-electron chi connectivity index (χ0n) is 17.1. The topological polar surface area (TPSA) is 80.5 Å². The van der Waals surface area contributed by atoms with Crippen molar-refractivity contribution in [2.24, 2.45) is 10.9 Å². The van der Waals surface area contributed by atoms with Gasteiger partial charge in [-0.25, -0.2) is 4.39 Å². The average Bonchev–Trinajstić information content (AvgIpc) is 3.13. The van der Waals surface area contributed by atoms with Crippen LogP contribution in [0, 0.1) is 23.1 Å². The van der Waals surface area contributed by atoms with Crippen LogP contribution in [-0.4, -0.2) is 43.4 Å². The molecule has 0 spiro atoms. The Kier molecular flexibility index (Phi) is 7.39. The first-order valence-electron chi connectivity index (χ1n) is 10.0. The molecule has 1 amide bonds. The molecule has 0 aromatic heterocycles. The first-order chi connectivity index (χ1) is 14.6. The van der Waals surface area contributed by atoms with Crippen molar-refractivity contribution in [1.29, 1.82) is 5.26 Å². The van der Waals surface area contributed by atoms with E-state index >= 15 is 0 Å². The van der Waals surface area contributed by atoms with Crippen molar-refractivity contribution in [2.75, 3.05) is 26.7 Å². The number of hydrogen-bond acceptors (Lipinski definition) is 3. The molecule has 1 saturated heterocycles. The van der Waals surface area contributed by atoms with Crippen LogP contribution < -0.4 is 10.6 Å². The standard InChI is InChI=1S/C23H26FN5O/c1-26-23(28-15-20-8-7-18(13-25)11-21(20)24)27-14-19-12-22(30)29(16-19)10-9-17-5-3-2-4-6-17/h2-8,11,19H,9-10,12,14-16H2,1H3,(H2,26,27,28). The molecule has 2 aromatic rings. The van der Waals surface area contributed by atoms with Crippen molar-refractivity contribution in [1.82, 2.24) is 15.5 Å². The number of aliphatic imine (C=N–C) groups is 1. The van der Waals surface area contributed by atoms with Crippen LogP contribution in [0.15, 0.2) is 53.5 Å². The first-order valence-corrected chi connectivity index (χ1v) is 10.0. The monoisotopic (exact) mass is 407 g/mol. The molecule has 1 aliphatic rings. The van der Waals surface area contributed by atoms with E-state index in [0.29, 0.717) is 30.1 Å². The van der Waals surface area contributed by atoms with E-state index in [1.54, 1.807) is 19.2 Å². The second kappa shape index (κ2) is 10.4. The Balaban J connectivity index is 1.44. The van der Waals surface area contributed by atoms with E-state index in [9.17, 15) is 9.18 Å². The molecule has 0 bridgehead atoms. The molecule has 1 fully saturated rings. The minimum atomic E-state index is -0.424. The molecule has 0 radical (unpaired) electrons. The molecule has 2 N–H and O–H groups in total. The molecule has 2 aromatic carbocycles. The van der Waals surface area contributed by atoms with Crippen molar-refractivity contribution in [3.8, 4) is 6.07 Å². The van der Waals surface area contributed by atoms with E-state index in [1.165, 1.54) is 11.6 Å². The van der Waals surface area contributed by atoms with Crippen LogP contribution in [0.3, 0.4) is 0 Å². The van der Waals surface area contributed by atoms with Gasteiger partial charge in [-0.2, -0.15) is 5.26 Å². The SMILES string of the molecule is CN=C(NCc1ccc(C#N)cc1F)NCC1CC(=O)N(CCc2ccccc2)C1. The van der Waals surface area contributed by atoms with Gasteiger partial charge in [0, 0.05) is 51.1 Å². The Morgan fingerprint density at radius 3 is 2.77 bits per heavy atom. The Morgan fingerprint density at radius 2 is 2.07 bits per heavy atom. The molecule has 30 heavy (non-hydrogen) atoms. The normalized spacial score (nSPS) is 16.4. The fraction of sp³-hybridized carbons (Fsp3) is 0.348. The fourth-order valence-electron chi connectivity index (χ4n) is 3.52. The lowest BCUT2D eigenvalue weighted by Gasteiger charge is -2.18. The number of hydrogen-bond donors (Lipinski definition) is 2. The molecule has 6 nitrogen and oxygen atoms in total. The highest BCUT2D eigenvalue weighted by atomic mass is 19.1. The molecule has 0 saturated carbocycles. The summed E-state index contributed by atoms with van der Waals surface area (Å²) >= 11 is 0. The average molecular weight is 407 g/mol. The third-order valence-electron chi connectivity index (χ3n) is 5.22. The second-order valence-corrected chi connectivity index (χ2v) is 7.37. The van der Waals surface area contributed by atoms with Gasteiger partial charge in [0.2, 0.25) is 5.91 Å². The van der Waals surface area contributed by atoms with E-state index in [4.69, 9.17) is 5.26 Å². The lowest BCUT2D eigenvalue weighted by atomic mass is 10.1. The van der Waals surface area contributed by atoms with Crippen LogP contribution in [0.4, 0.5) is 4.39 Å². The van der Waals surface area contributed by atoms with Gasteiger partial charge in [0.1, 0.15) is 5.82 Å². The number of halogens is 1. The summed E-state index contributed by atoms with van der Waals surface area (Å²) in [4.78, 5) is 18.4. The lowest BCUT2D eigenvalue weighted by Crippen LogP contribution is -2.40. The highest BCUT2D eigenvalue weighted by molar-refractivity contribution is 5.80. The maximum atomic E-state index is 14.0. The third-order valence-corrected chi connectivity index (χ3v) is 5.22. The maximum Gasteiger partial charge on any atom is 0.223 e. The Labute approximate surface area is 176 Å². The summed E-state index contributed by atoms with van der Waals surface area (Å²) in [6.07, 6.45) is 1.37. The molecule has 7 heteroatoms. The Bertz CT molecular complexity index is 938. The minimum absolute atomic E-state index is 0.181. The maximum absolute atomic E-state index is 14.0. The van der Waals surface area contributed by atoms with Crippen molar-refractivity contribution in [3.63, 3.8) is 0 Å². The van der Waals surface area contributed by atoms with E-state index < -0.39 is 5.82 Å². The minimum Gasteiger partial charge on any atom is -0.356 e. The Morgan fingerprint density at radius 1 is 1.27 bits per heavy atom.